The van der Waals surface area contributed by atoms with Crippen molar-refractivity contribution in [1.82, 2.24) is 0 Å². The predicted octanol–water partition coefficient (Wildman–Crippen LogP) is 3.51. The van der Waals surface area contributed by atoms with Crippen molar-refractivity contribution in [1.29, 1.82) is 0 Å². The Kier molecular flexibility index (Phi) is 2.48. The fourth-order valence-electron chi connectivity index (χ4n) is 3.15. The second-order valence-corrected chi connectivity index (χ2v) is 5.22. The smallest absolute Gasteiger partial charge is 0.134 e. The number of benzene rings is 1. The Bertz CT molecular complexity index is 537. The number of para-hydroxylation sites is 1. The zero-order valence-corrected chi connectivity index (χ0v) is 10.3. The maximum atomic E-state index is 6.10. The van der Waals surface area contributed by atoms with Gasteiger partial charge in [0.15, 0.2) is 0 Å². The topological polar surface area (TPSA) is 39.2 Å². The first-order valence-corrected chi connectivity index (χ1v) is 6.45. The minimum atomic E-state index is 0.234. The third kappa shape index (κ3) is 1.51. The van der Waals surface area contributed by atoms with Gasteiger partial charge in [-0.15, -0.1) is 0 Å². The molecule has 2 nitrogen and oxygen atoms in total. The van der Waals surface area contributed by atoms with Crippen LogP contribution in [0.1, 0.15) is 37.0 Å². The highest BCUT2D eigenvalue weighted by Gasteiger charge is 2.42. The standard InChI is InChI=1S/C15H19NO/c1-11-12-5-2-3-6-13(12)17-14(11)15(9-10-16)7-4-8-15/h2-3,5-6H,4,7-10,16H2,1H3. The highest BCUT2D eigenvalue weighted by Crippen LogP contribution is 2.49. The van der Waals surface area contributed by atoms with Gasteiger partial charge in [-0.2, -0.15) is 0 Å². The van der Waals surface area contributed by atoms with Crippen LogP contribution in [0, 0.1) is 6.92 Å². The van der Waals surface area contributed by atoms with Crippen LogP contribution in [0.15, 0.2) is 28.7 Å². The molecule has 3 rings (SSSR count). The number of fused-ring (bicyclic) bond motifs is 1. The van der Waals surface area contributed by atoms with E-state index in [0.29, 0.717) is 0 Å². The van der Waals surface area contributed by atoms with E-state index in [2.05, 4.69) is 25.1 Å². The van der Waals surface area contributed by atoms with E-state index in [4.69, 9.17) is 10.2 Å². The Labute approximate surface area is 102 Å². The lowest BCUT2D eigenvalue weighted by Crippen LogP contribution is -2.36. The molecule has 0 saturated heterocycles. The minimum Gasteiger partial charge on any atom is -0.460 e. The highest BCUT2D eigenvalue weighted by molar-refractivity contribution is 5.82. The largest absolute Gasteiger partial charge is 0.460 e. The molecule has 0 spiro atoms. The molecule has 1 fully saturated rings. The molecule has 1 aromatic heterocycles. The van der Waals surface area contributed by atoms with Crippen LogP contribution in [0.25, 0.3) is 11.0 Å². The molecule has 1 heterocycles. The molecular weight excluding hydrogens is 210 g/mol. The first-order chi connectivity index (χ1) is 8.27. The van der Waals surface area contributed by atoms with E-state index in [-0.39, 0.29) is 5.41 Å². The molecule has 17 heavy (non-hydrogen) atoms. The molecule has 2 aromatic rings. The molecular formula is C15H19NO. The second kappa shape index (κ2) is 3.88. The van der Waals surface area contributed by atoms with Crippen LogP contribution in [0.4, 0.5) is 0 Å². The fraction of sp³-hybridized carbons (Fsp3) is 0.467. The molecule has 0 bridgehead atoms. The zero-order valence-electron chi connectivity index (χ0n) is 10.3. The quantitative estimate of drug-likeness (QED) is 0.874. The summed E-state index contributed by atoms with van der Waals surface area (Å²) in [4.78, 5) is 0. The van der Waals surface area contributed by atoms with Gasteiger partial charge in [-0.3, -0.25) is 0 Å². The fourth-order valence-corrected chi connectivity index (χ4v) is 3.15. The third-order valence-electron chi connectivity index (χ3n) is 4.26. The van der Waals surface area contributed by atoms with Gasteiger partial charge in [0.1, 0.15) is 11.3 Å². The van der Waals surface area contributed by atoms with E-state index in [1.54, 1.807) is 0 Å². The van der Waals surface area contributed by atoms with Gasteiger partial charge >= 0.3 is 0 Å². The van der Waals surface area contributed by atoms with Crippen LogP contribution in [-0.4, -0.2) is 6.54 Å². The number of hydrogen-bond acceptors (Lipinski definition) is 2. The van der Waals surface area contributed by atoms with Crippen LogP contribution in [0.3, 0.4) is 0 Å². The third-order valence-corrected chi connectivity index (χ3v) is 4.26. The summed E-state index contributed by atoms with van der Waals surface area (Å²) >= 11 is 0. The monoisotopic (exact) mass is 229 g/mol. The Morgan fingerprint density at radius 3 is 2.65 bits per heavy atom. The number of furan rings is 1. The molecule has 1 aliphatic carbocycles. The summed E-state index contributed by atoms with van der Waals surface area (Å²) in [5.74, 6) is 1.19. The van der Waals surface area contributed by atoms with Crippen LogP contribution in [0.2, 0.25) is 0 Å². The van der Waals surface area contributed by atoms with Gasteiger partial charge in [0.05, 0.1) is 0 Å². The van der Waals surface area contributed by atoms with E-state index in [1.807, 2.05) is 6.07 Å². The Balaban J connectivity index is 2.13. The van der Waals surface area contributed by atoms with E-state index in [1.165, 1.54) is 36.0 Å². The van der Waals surface area contributed by atoms with Crippen molar-refractivity contribution in [3.8, 4) is 0 Å². The summed E-state index contributed by atoms with van der Waals surface area (Å²) in [6.45, 7) is 2.92. The summed E-state index contributed by atoms with van der Waals surface area (Å²) in [5, 5.41) is 1.26. The predicted molar refractivity (Wildman–Crippen MR) is 70.2 cm³/mol. The minimum absolute atomic E-state index is 0.234. The summed E-state index contributed by atoms with van der Waals surface area (Å²) in [6, 6.07) is 8.31. The molecule has 0 unspecified atom stereocenters. The number of rotatable bonds is 3. The molecule has 1 saturated carbocycles. The lowest BCUT2D eigenvalue weighted by Gasteiger charge is -2.40. The number of aryl methyl sites for hydroxylation is 1. The van der Waals surface area contributed by atoms with Gasteiger partial charge in [0.2, 0.25) is 0 Å². The number of nitrogens with two attached hydrogens (primary N) is 1. The second-order valence-electron chi connectivity index (χ2n) is 5.22. The SMILES string of the molecule is Cc1c(C2(CCN)CCC2)oc2ccccc12. The van der Waals surface area contributed by atoms with Crippen LogP contribution in [0.5, 0.6) is 0 Å². The average molecular weight is 229 g/mol. The van der Waals surface area contributed by atoms with E-state index in [9.17, 15) is 0 Å². The van der Waals surface area contributed by atoms with Crippen molar-refractivity contribution < 1.29 is 4.42 Å². The van der Waals surface area contributed by atoms with Gasteiger partial charge in [0, 0.05) is 10.8 Å². The van der Waals surface area contributed by atoms with Crippen molar-refractivity contribution >= 4 is 11.0 Å². The highest BCUT2D eigenvalue weighted by atomic mass is 16.3. The molecule has 0 amide bonds. The summed E-state index contributed by atoms with van der Waals surface area (Å²) < 4.78 is 6.10. The summed E-state index contributed by atoms with van der Waals surface area (Å²) in [7, 11) is 0. The van der Waals surface area contributed by atoms with Gasteiger partial charge in [-0.05, 0) is 44.4 Å². The molecule has 2 N–H and O–H groups in total. The van der Waals surface area contributed by atoms with Gasteiger partial charge in [0.25, 0.3) is 0 Å². The van der Waals surface area contributed by atoms with Crippen LogP contribution >= 0.6 is 0 Å². The Hall–Kier alpha value is -1.28. The van der Waals surface area contributed by atoms with Crippen LogP contribution < -0.4 is 5.73 Å². The molecule has 2 heteroatoms. The summed E-state index contributed by atoms with van der Waals surface area (Å²) in [5.41, 5.74) is 8.33. The van der Waals surface area contributed by atoms with Crippen molar-refractivity contribution in [2.24, 2.45) is 5.73 Å². The Morgan fingerprint density at radius 2 is 2.06 bits per heavy atom. The Morgan fingerprint density at radius 1 is 1.29 bits per heavy atom. The van der Waals surface area contributed by atoms with Gasteiger partial charge < -0.3 is 10.2 Å². The maximum absolute atomic E-state index is 6.10. The first kappa shape index (κ1) is 10.8. The maximum Gasteiger partial charge on any atom is 0.134 e. The van der Waals surface area contributed by atoms with Crippen molar-refractivity contribution in [2.45, 2.75) is 38.0 Å². The van der Waals surface area contributed by atoms with E-state index in [0.717, 1.165) is 18.5 Å². The van der Waals surface area contributed by atoms with Crippen molar-refractivity contribution in [3.05, 3.63) is 35.6 Å². The summed E-state index contributed by atoms with van der Waals surface area (Å²) in [6.07, 6.45) is 4.81. The normalized spacial score (nSPS) is 18.2. The zero-order chi connectivity index (χ0) is 11.9. The average Bonchev–Trinajstić information content (AvgIpc) is 2.63. The molecule has 90 valence electrons. The van der Waals surface area contributed by atoms with E-state index < -0.39 is 0 Å². The first-order valence-electron chi connectivity index (χ1n) is 6.45. The molecule has 0 atom stereocenters. The molecule has 1 aromatic carbocycles. The lowest BCUT2D eigenvalue weighted by molar-refractivity contribution is 0.190. The van der Waals surface area contributed by atoms with Crippen LogP contribution in [-0.2, 0) is 5.41 Å². The number of hydrogen-bond donors (Lipinski definition) is 1. The van der Waals surface area contributed by atoms with Gasteiger partial charge in [-0.25, -0.2) is 0 Å². The molecule has 0 radical (unpaired) electrons. The van der Waals surface area contributed by atoms with Crippen molar-refractivity contribution in [3.63, 3.8) is 0 Å². The van der Waals surface area contributed by atoms with Gasteiger partial charge in [-0.1, -0.05) is 24.6 Å². The van der Waals surface area contributed by atoms with Crippen molar-refractivity contribution in [2.75, 3.05) is 6.54 Å². The molecule has 1 aliphatic rings. The van der Waals surface area contributed by atoms with E-state index >= 15 is 0 Å². The lowest BCUT2D eigenvalue weighted by atomic mass is 9.64. The molecule has 0 aliphatic heterocycles.